The fourth-order valence-corrected chi connectivity index (χ4v) is 5.53. The SMILES string of the molecule is CN1CCN(C(=O)CSCC(=O)N2CCN(C)CC2c2ccccc2)C(c2ccccc2)C1. The van der Waals surface area contributed by atoms with Crippen LogP contribution in [0.25, 0.3) is 0 Å². The zero-order valence-corrected chi connectivity index (χ0v) is 20.4. The van der Waals surface area contributed by atoms with Gasteiger partial charge in [0.2, 0.25) is 11.8 Å². The number of likely N-dealkylation sites (N-methyl/N-ethyl adjacent to an activating group) is 2. The molecule has 33 heavy (non-hydrogen) atoms. The molecular formula is C26H34N4O2S. The summed E-state index contributed by atoms with van der Waals surface area (Å²) < 4.78 is 0. The van der Waals surface area contributed by atoms with E-state index >= 15 is 0 Å². The lowest BCUT2D eigenvalue weighted by Crippen LogP contribution is -2.50. The van der Waals surface area contributed by atoms with Crippen LogP contribution in [-0.4, -0.2) is 96.3 Å². The smallest absolute Gasteiger partial charge is 0.233 e. The van der Waals surface area contributed by atoms with E-state index in [2.05, 4.69) is 48.2 Å². The number of nitrogens with zero attached hydrogens (tertiary/aromatic N) is 4. The third kappa shape index (κ3) is 5.96. The molecule has 0 aromatic heterocycles. The second kappa shape index (κ2) is 11.2. The number of thioether (sulfide) groups is 1. The molecule has 2 amide bonds. The maximum absolute atomic E-state index is 13.1. The molecule has 2 aromatic carbocycles. The fourth-order valence-electron chi connectivity index (χ4n) is 4.75. The first-order chi connectivity index (χ1) is 16.0. The van der Waals surface area contributed by atoms with Crippen molar-refractivity contribution in [1.29, 1.82) is 0 Å². The molecule has 2 aliphatic heterocycles. The second-order valence-electron chi connectivity index (χ2n) is 9.04. The van der Waals surface area contributed by atoms with Crippen molar-refractivity contribution in [1.82, 2.24) is 19.6 Å². The summed E-state index contributed by atoms with van der Waals surface area (Å²) in [5.41, 5.74) is 2.34. The molecule has 4 rings (SSSR count). The van der Waals surface area contributed by atoms with Gasteiger partial charge in [0.15, 0.2) is 0 Å². The molecule has 0 saturated carbocycles. The molecule has 176 valence electrons. The lowest BCUT2D eigenvalue weighted by Gasteiger charge is -2.41. The molecular weight excluding hydrogens is 432 g/mol. The lowest BCUT2D eigenvalue weighted by molar-refractivity contribution is -0.133. The van der Waals surface area contributed by atoms with Crippen molar-refractivity contribution in [2.24, 2.45) is 0 Å². The van der Waals surface area contributed by atoms with Gasteiger partial charge < -0.3 is 19.6 Å². The van der Waals surface area contributed by atoms with E-state index in [0.717, 1.165) is 39.3 Å². The third-order valence-electron chi connectivity index (χ3n) is 6.63. The van der Waals surface area contributed by atoms with Crippen molar-refractivity contribution < 1.29 is 9.59 Å². The highest BCUT2D eigenvalue weighted by atomic mass is 32.2. The molecule has 2 aliphatic rings. The highest BCUT2D eigenvalue weighted by Gasteiger charge is 2.32. The second-order valence-corrected chi connectivity index (χ2v) is 10.0. The Kier molecular flexibility index (Phi) is 8.06. The Bertz CT molecular complexity index is 851. The van der Waals surface area contributed by atoms with Gasteiger partial charge in [0.1, 0.15) is 0 Å². The Morgan fingerprint density at radius 1 is 0.697 bits per heavy atom. The Labute approximate surface area is 201 Å². The van der Waals surface area contributed by atoms with E-state index in [-0.39, 0.29) is 23.9 Å². The number of piperazine rings is 2. The lowest BCUT2D eigenvalue weighted by atomic mass is 10.0. The van der Waals surface area contributed by atoms with Crippen LogP contribution in [0.5, 0.6) is 0 Å². The van der Waals surface area contributed by atoms with Crippen molar-refractivity contribution in [2.45, 2.75) is 12.1 Å². The van der Waals surface area contributed by atoms with Gasteiger partial charge in [-0.05, 0) is 25.2 Å². The van der Waals surface area contributed by atoms with Crippen molar-refractivity contribution in [3.05, 3.63) is 71.8 Å². The first-order valence-corrected chi connectivity index (χ1v) is 12.8. The molecule has 0 spiro atoms. The highest BCUT2D eigenvalue weighted by molar-refractivity contribution is 8.00. The fraction of sp³-hybridized carbons (Fsp3) is 0.462. The number of carbonyl (C=O) groups is 2. The molecule has 2 unspecified atom stereocenters. The van der Waals surface area contributed by atoms with Gasteiger partial charge in [0.25, 0.3) is 0 Å². The van der Waals surface area contributed by atoms with Crippen LogP contribution < -0.4 is 0 Å². The van der Waals surface area contributed by atoms with Crippen LogP contribution in [0.4, 0.5) is 0 Å². The van der Waals surface area contributed by atoms with Gasteiger partial charge in [0, 0.05) is 39.3 Å². The van der Waals surface area contributed by atoms with E-state index in [0.29, 0.717) is 11.5 Å². The first kappa shape index (κ1) is 23.8. The van der Waals surface area contributed by atoms with Gasteiger partial charge in [-0.15, -0.1) is 11.8 Å². The standard InChI is InChI=1S/C26H34N4O2S/c1-27-13-15-29(23(17-27)21-9-5-3-6-10-21)25(31)19-33-20-26(32)30-16-14-28(2)18-24(30)22-11-7-4-8-12-22/h3-12,23-24H,13-20H2,1-2H3. The molecule has 2 saturated heterocycles. The minimum atomic E-state index is 0.0637. The van der Waals surface area contributed by atoms with E-state index in [1.165, 1.54) is 22.9 Å². The summed E-state index contributed by atoms with van der Waals surface area (Å²) in [6.07, 6.45) is 0. The third-order valence-corrected chi connectivity index (χ3v) is 7.53. The Morgan fingerprint density at radius 2 is 1.09 bits per heavy atom. The topological polar surface area (TPSA) is 47.1 Å². The Hall–Kier alpha value is -2.35. The van der Waals surface area contributed by atoms with Crippen LogP contribution in [0.3, 0.4) is 0 Å². The Balaban J connectivity index is 1.35. The molecule has 2 heterocycles. The Morgan fingerprint density at radius 3 is 1.48 bits per heavy atom. The molecule has 0 radical (unpaired) electrons. The predicted molar refractivity (Wildman–Crippen MR) is 134 cm³/mol. The zero-order valence-electron chi connectivity index (χ0n) is 19.6. The number of carbonyl (C=O) groups excluding carboxylic acids is 2. The van der Waals surface area contributed by atoms with Crippen molar-refractivity contribution in [2.75, 3.05) is 64.9 Å². The number of rotatable bonds is 6. The summed E-state index contributed by atoms with van der Waals surface area (Å²) in [6.45, 7) is 4.85. The van der Waals surface area contributed by atoms with Crippen molar-refractivity contribution >= 4 is 23.6 Å². The molecule has 6 nitrogen and oxygen atoms in total. The summed E-state index contributed by atoms with van der Waals surface area (Å²) in [6, 6.07) is 20.6. The minimum Gasteiger partial charge on any atom is -0.332 e. The maximum atomic E-state index is 13.1. The highest BCUT2D eigenvalue weighted by Crippen LogP contribution is 2.27. The summed E-state index contributed by atoms with van der Waals surface area (Å²) in [5.74, 6) is 0.908. The quantitative estimate of drug-likeness (QED) is 0.655. The summed E-state index contributed by atoms with van der Waals surface area (Å²) in [4.78, 5) is 34.8. The van der Waals surface area contributed by atoms with Crippen molar-refractivity contribution in [3.8, 4) is 0 Å². The summed E-state index contributed by atoms with van der Waals surface area (Å²) >= 11 is 1.44. The average molecular weight is 467 g/mol. The monoisotopic (exact) mass is 466 g/mol. The first-order valence-electron chi connectivity index (χ1n) is 11.7. The minimum absolute atomic E-state index is 0.0637. The van der Waals surface area contributed by atoms with E-state index in [1.54, 1.807) is 0 Å². The van der Waals surface area contributed by atoms with Gasteiger partial charge in [-0.2, -0.15) is 0 Å². The van der Waals surface area contributed by atoms with Crippen LogP contribution in [-0.2, 0) is 9.59 Å². The van der Waals surface area contributed by atoms with Crippen LogP contribution in [0.2, 0.25) is 0 Å². The largest absolute Gasteiger partial charge is 0.332 e. The van der Waals surface area contributed by atoms with Gasteiger partial charge in [0.05, 0.1) is 23.6 Å². The molecule has 0 aliphatic carbocycles. The summed E-state index contributed by atoms with van der Waals surface area (Å²) in [5, 5.41) is 0. The number of benzene rings is 2. The molecule has 2 fully saturated rings. The van der Waals surface area contributed by atoms with Crippen LogP contribution >= 0.6 is 11.8 Å². The summed E-state index contributed by atoms with van der Waals surface area (Å²) in [7, 11) is 4.20. The molecule has 7 heteroatoms. The zero-order chi connectivity index (χ0) is 23.2. The number of hydrogen-bond acceptors (Lipinski definition) is 5. The maximum Gasteiger partial charge on any atom is 0.233 e. The van der Waals surface area contributed by atoms with Crippen molar-refractivity contribution in [3.63, 3.8) is 0 Å². The molecule has 2 atom stereocenters. The number of hydrogen-bond donors (Lipinski definition) is 0. The van der Waals surface area contributed by atoms with Crippen LogP contribution in [0, 0.1) is 0 Å². The van der Waals surface area contributed by atoms with Gasteiger partial charge in [-0.25, -0.2) is 0 Å². The molecule has 0 N–H and O–H groups in total. The van der Waals surface area contributed by atoms with Crippen LogP contribution in [0.15, 0.2) is 60.7 Å². The van der Waals surface area contributed by atoms with E-state index < -0.39 is 0 Å². The van der Waals surface area contributed by atoms with Gasteiger partial charge in [-0.1, -0.05) is 60.7 Å². The van der Waals surface area contributed by atoms with Gasteiger partial charge in [-0.3, -0.25) is 9.59 Å². The van der Waals surface area contributed by atoms with Gasteiger partial charge >= 0.3 is 0 Å². The van der Waals surface area contributed by atoms with E-state index in [4.69, 9.17) is 0 Å². The van der Waals surface area contributed by atoms with Crippen LogP contribution in [0.1, 0.15) is 23.2 Å². The predicted octanol–water partition coefficient (Wildman–Crippen LogP) is 2.75. The number of amides is 2. The van der Waals surface area contributed by atoms with E-state index in [9.17, 15) is 9.59 Å². The van der Waals surface area contributed by atoms with E-state index in [1.807, 2.05) is 46.2 Å². The molecule has 2 aromatic rings. The average Bonchev–Trinajstić information content (AvgIpc) is 2.85. The normalized spacial score (nSPS) is 22.4. The molecule has 0 bridgehead atoms.